The Balaban J connectivity index is 2.28. The average Bonchev–Trinajstić information content (AvgIpc) is 3.01. The third-order valence-corrected chi connectivity index (χ3v) is 5.73. The topological polar surface area (TPSA) is 62.9 Å². The van der Waals surface area contributed by atoms with Gasteiger partial charge < -0.3 is 0 Å². The normalized spacial score (nSPS) is 12.6. The fourth-order valence-corrected chi connectivity index (χ4v) is 4.14. The summed E-state index contributed by atoms with van der Waals surface area (Å²) in [5, 5.41) is 9.66. The largest absolute Gasteiger partial charge is 0.298 e. The van der Waals surface area contributed by atoms with Gasteiger partial charge in [0.05, 0.1) is 4.53 Å². The number of nitrogens with zero attached hydrogens (tertiary/aromatic N) is 2. The Hall–Kier alpha value is -3.30. The van der Waals surface area contributed by atoms with E-state index in [9.17, 15) is 19.2 Å². The number of rotatable bonds is 4. The van der Waals surface area contributed by atoms with E-state index in [-0.39, 0.29) is 16.7 Å². The second kappa shape index (κ2) is 8.38. The first-order valence-corrected chi connectivity index (χ1v) is 9.90. The molecule has 29 heavy (non-hydrogen) atoms. The molecule has 3 rings (SSSR count). The van der Waals surface area contributed by atoms with E-state index in [2.05, 4.69) is 0 Å². The molecule has 0 spiro atoms. The van der Waals surface area contributed by atoms with Crippen molar-refractivity contribution in [1.29, 1.82) is 5.26 Å². The summed E-state index contributed by atoms with van der Waals surface area (Å²) in [5.74, 6) is -0.999. The number of nitriles is 1. The lowest BCUT2D eigenvalue weighted by Crippen LogP contribution is -2.32. The standard InChI is InChI=1S/C23H19FN2O2S/c1-4-26-22(28)20(12-17-11-14(2)5-6-15(17)3)29-23(26)19(13-25)21(27)16-7-9-18(24)10-8-16/h5-12H,4H2,1-3H3/b20-12+,23-19-. The maximum atomic E-state index is 13.2. The smallest absolute Gasteiger partial charge is 0.269 e. The molecule has 2 aromatic carbocycles. The van der Waals surface area contributed by atoms with E-state index in [0.717, 1.165) is 28.0 Å². The molecule has 0 saturated heterocycles. The van der Waals surface area contributed by atoms with E-state index in [1.165, 1.54) is 28.8 Å². The van der Waals surface area contributed by atoms with Gasteiger partial charge in [-0.05, 0) is 62.2 Å². The van der Waals surface area contributed by atoms with Crippen LogP contribution in [0.5, 0.6) is 0 Å². The molecule has 0 saturated carbocycles. The predicted molar refractivity (Wildman–Crippen MR) is 113 cm³/mol. The summed E-state index contributed by atoms with van der Waals surface area (Å²) in [7, 11) is 0. The van der Waals surface area contributed by atoms with Gasteiger partial charge >= 0.3 is 0 Å². The van der Waals surface area contributed by atoms with E-state index < -0.39 is 11.6 Å². The number of thiazole rings is 1. The Kier molecular flexibility index (Phi) is 5.90. The van der Waals surface area contributed by atoms with Crippen molar-refractivity contribution < 1.29 is 9.18 Å². The SMILES string of the molecule is CCn1c(=O)/c(=C\c2cc(C)ccc2C)s/c1=C(/C#N)C(=O)c1ccc(F)cc1. The van der Waals surface area contributed by atoms with Crippen molar-refractivity contribution in [2.75, 3.05) is 0 Å². The van der Waals surface area contributed by atoms with E-state index in [1.54, 1.807) is 13.0 Å². The summed E-state index contributed by atoms with van der Waals surface area (Å²) in [6, 6.07) is 12.9. The molecule has 0 unspecified atom stereocenters. The van der Waals surface area contributed by atoms with Crippen molar-refractivity contribution in [3.05, 3.63) is 90.1 Å². The molecule has 1 heterocycles. The zero-order valence-electron chi connectivity index (χ0n) is 16.3. The highest BCUT2D eigenvalue weighted by atomic mass is 32.1. The van der Waals surface area contributed by atoms with Gasteiger partial charge in [0, 0.05) is 12.1 Å². The molecule has 0 aliphatic heterocycles. The van der Waals surface area contributed by atoms with Crippen molar-refractivity contribution in [3.63, 3.8) is 0 Å². The Bertz CT molecular complexity index is 1310. The van der Waals surface area contributed by atoms with Crippen LogP contribution in [0.15, 0.2) is 47.3 Å². The summed E-state index contributed by atoms with van der Waals surface area (Å²) in [4.78, 5) is 25.7. The minimum absolute atomic E-state index is 0.124. The van der Waals surface area contributed by atoms with Crippen LogP contribution in [0, 0.1) is 31.0 Å². The molecule has 0 atom stereocenters. The van der Waals surface area contributed by atoms with E-state index in [0.29, 0.717) is 15.7 Å². The first kappa shape index (κ1) is 20.4. The van der Waals surface area contributed by atoms with Crippen LogP contribution in [0.25, 0.3) is 11.6 Å². The molecule has 0 fully saturated rings. The molecule has 6 heteroatoms. The highest BCUT2D eigenvalue weighted by Gasteiger charge is 2.17. The Morgan fingerprint density at radius 1 is 1.21 bits per heavy atom. The minimum atomic E-state index is -0.533. The quantitative estimate of drug-likeness (QED) is 0.626. The average molecular weight is 406 g/mol. The Morgan fingerprint density at radius 2 is 1.90 bits per heavy atom. The first-order valence-electron chi connectivity index (χ1n) is 9.09. The maximum absolute atomic E-state index is 13.2. The summed E-state index contributed by atoms with van der Waals surface area (Å²) < 4.78 is 15.4. The molecule has 3 aromatic rings. The fourth-order valence-electron chi connectivity index (χ4n) is 2.99. The van der Waals surface area contributed by atoms with Gasteiger partial charge in [-0.15, -0.1) is 11.3 Å². The summed E-state index contributed by atoms with van der Waals surface area (Å²) in [5.41, 5.74) is 2.85. The molecular weight excluding hydrogens is 387 g/mol. The molecule has 0 radical (unpaired) electrons. The number of hydrogen-bond donors (Lipinski definition) is 0. The lowest BCUT2D eigenvalue weighted by Gasteiger charge is -2.01. The number of carbonyl (C=O) groups excluding carboxylic acids is 1. The van der Waals surface area contributed by atoms with Gasteiger partial charge in [0.1, 0.15) is 22.1 Å². The van der Waals surface area contributed by atoms with Gasteiger partial charge in [-0.2, -0.15) is 5.26 Å². The number of halogens is 1. The van der Waals surface area contributed by atoms with Crippen LogP contribution in [0.2, 0.25) is 0 Å². The molecule has 0 aliphatic carbocycles. The van der Waals surface area contributed by atoms with E-state index in [4.69, 9.17) is 0 Å². The number of Topliss-reactive ketones (excluding diaryl/α,β-unsaturated/α-hetero) is 1. The van der Waals surface area contributed by atoms with E-state index >= 15 is 0 Å². The van der Waals surface area contributed by atoms with Crippen LogP contribution in [0.1, 0.15) is 34.0 Å². The highest BCUT2D eigenvalue weighted by Crippen LogP contribution is 2.12. The second-order valence-electron chi connectivity index (χ2n) is 6.65. The molecule has 4 nitrogen and oxygen atoms in total. The van der Waals surface area contributed by atoms with Crippen LogP contribution in [0.3, 0.4) is 0 Å². The molecule has 0 bridgehead atoms. The molecule has 1 aromatic heterocycles. The zero-order valence-corrected chi connectivity index (χ0v) is 17.1. The lowest BCUT2D eigenvalue weighted by atomic mass is 10.1. The van der Waals surface area contributed by atoms with E-state index in [1.807, 2.05) is 38.1 Å². The van der Waals surface area contributed by atoms with Crippen LogP contribution < -0.4 is 14.8 Å². The summed E-state index contributed by atoms with van der Waals surface area (Å²) in [6.45, 7) is 6.05. The molecule has 0 amide bonds. The summed E-state index contributed by atoms with van der Waals surface area (Å²) in [6.07, 6.45) is 1.79. The van der Waals surface area contributed by atoms with Gasteiger partial charge in [0.2, 0.25) is 5.78 Å². The summed E-state index contributed by atoms with van der Waals surface area (Å²) >= 11 is 1.12. The molecule has 0 N–H and O–H groups in total. The van der Waals surface area contributed by atoms with Gasteiger partial charge in [-0.3, -0.25) is 14.2 Å². The number of benzene rings is 2. The van der Waals surface area contributed by atoms with Crippen molar-refractivity contribution in [2.24, 2.45) is 0 Å². The number of carbonyl (C=O) groups is 1. The molecule has 146 valence electrons. The van der Waals surface area contributed by atoms with Crippen LogP contribution in [-0.2, 0) is 6.54 Å². The number of ketones is 1. The lowest BCUT2D eigenvalue weighted by molar-refractivity contribution is 0.105. The van der Waals surface area contributed by atoms with Crippen molar-refractivity contribution in [3.8, 4) is 6.07 Å². The van der Waals surface area contributed by atoms with Crippen LogP contribution in [-0.4, -0.2) is 10.4 Å². The van der Waals surface area contributed by atoms with Crippen molar-refractivity contribution in [2.45, 2.75) is 27.3 Å². The van der Waals surface area contributed by atoms with Crippen molar-refractivity contribution >= 4 is 28.8 Å². The van der Waals surface area contributed by atoms with Gasteiger partial charge in [0.15, 0.2) is 0 Å². The van der Waals surface area contributed by atoms with Crippen LogP contribution in [0.4, 0.5) is 4.39 Å². The van der Waals surface area contributed by atoms with Gasteiger partial charge in [-0.25, -0.2) is 4.39 Å². The monoisotopic (exact) mass is 406 g/mol. The fraction of sp³-hybridized carbons (Fsp3) is 0.174. The zero-order chi connectivity index (χ0) is 21.1. The van der Waals surface area contributed by atoms with Crippen molar-refractivity contribution in [1.82, 2.24) is 4.57 Å². The molecule has 0 aliphatic rings. The van der Waals surface area contributed by atoms with Crippen LogP contribution >= 0.6 is 11.3 Å². The Morgan fingerprint density at radius 3 is 2.52 bits per heavy atom. The minimum Gasteiger partial charge on any atom is -0.298 e. The third-order valence-electron chi connectivity index (χ3n) is 4.60. The predicted octanol–water partition coefficient (Wildman–Crippen LogP) is 3.07. The first-order chi connectivity index (χ1) is 13.8. The number of aromatic nitrogens is 1. The van der Waals surface area contributed by atoms with Gasteiger partial charge in [0.25, 0.3) is 5.56 Å². The third kappa shape index (κ3) is 4.10. The van der Waals surface area contributed by atoms with Gasteiger partial charge in [-0.1, -0.05) is 23.8 Å². The maximum Gasteiger partial charge on any atom is 0.269 e. The molecular formula is C23H19FN2O2S. The number of hydrogen-bond acceptors (Lipinski definition) is 4. The second-order valence-corrected chi connectivity index (χ2v) is 7.68. The Labute approximate surface area is 171 Å². The number of aryl methyl sites for hydroxylation is 2. The highest BCUT2D eigenvalue weighted by molar-refractivity contribution is 7.07.